The summed E-state index contributed by atoms with van der Waals surface area (Å²) < 4.78 is 4.98. The first-order chi connectivity index (χ1) is 8.74. The Labute approximate surface area is 109 Å². The van der Waals surface area contributed by atoms with Crippen LogP contribution in [-0.4, -0.2) is 19.2 Å². The number of carbonyl (C=O) groups excluding carboxylic acids is 1. The normalized spacial score (nSPS) is 11.9. The zero-order valence-corrected chi connectivity index (χ0v) is 10.9. The van der Waals surface area contributed by atoms with Crippen LogP contribution in [0.3, 0.4) is 0 Å². The third-order valence-corrected chi connectivity index (χ3v) is 2.68. The van der Waals surface area contributed by atoms with Crippen molar-refractivity contribution in [1.29, 1.82) is 0 Å². The molecule has 0 heterocycles. The Morgan fingerprint density at radius 2 is 2.11 bits per heavy atom. The number of carbonyl (C=O) groups is 1. The third kappa shape index (κ3) is 5.68. The molecule has 3 N–H and O–H groups in total. The number of rotatable bonds is 7. The molecule has 0 saturated heterocycles. The van der Waals surface area contributed by atoms with Gasteiger partial charge >= 0.3 is 6.09 Å². The molecule has 0 aliphatic heterocycles. The van der Waals surface area contributed by atoms with Crippen molar-refractivity contribution in [3.05, 3.63) is 35.9 Å². The molecule has 18 heavy (non-hydrogen) atoms. The third-order valence-electron chi connectivity index (χ3n) is 2.68. The van der Waals surface area contributed by atoms with Crippen molar-refractivity contribution in [2.24, 2.45) is 5.73 Å². The Hall–Kier alpha value is -1.55. The number of amides is 1. The van der Waals surface area contributed by atoms with E-state index in [0.29, 0.717) is 19.6 Å². The molecule has 1 atom stereocenters. The van der Waals surface area contributed by atoms with E-state index in [9.17, 15) is 4.79 Å². The van der Waals surface area contributed by atoms with Crippen molar-refractivity contribution in [2.45, 2.75) is 32.2 Å². The molecule has 0 aliphatic rings. The summed E-state index contributed by atoms with van der Waals surface area (Å²) in [6.45, 7) is 3.06. The van der Waals surface area contributed by atoms with Crippen molar-refractivity contribution in [3.8, 4) is 0 Å². The maximum absolute atomic E-state index is 11.3. The predicted octanol–water partition coefficient (Wildman–Crippen LogP) is 2.60. The van der Waals surface area contributed by atoms with E-state index in [1.54, 1.807) is 0 Å². The molecule has 1 aromatic rings. The first-order valence-electron chi connectivity index (χ1n) is 6.45. The number of hydrogen-bond donors (Lipinski definition) is 2. The lowest BCUT2D eigenvalue weighted by molar-refractivity contribution is 0.144. The number of hydrogen-bond acceptors (Lipinski definition) is 3. The number of unbranched alkanes of at least 4 members (excludes halogenated alkanes) is 1. The fourth-order valence-corrected chi connectivity index (χ4v) is 1.56. The maximum Gasteiger partial charge on any atom is 0.407 e. The largest absolute Gasteiger partial charge is 0.450 e. The van der Waals surface area contributed by atoms with Crippen LogP contribution in [0.2, 0.25) is 0 Å². The van der Waals surface area contributed by atoms with Gasteiger partial charge in [0.05, 0.1) is 6.61 Å². The van der Waals surface area contributed by atoms with Gasteiger partial charge in [0.2, 0.25) is 0 Å². The highest BCUT2D eigenvalue weighted by molar-refractivity contribution is 5.66. The van der Waals surface area contributed by atoms with Gasteiger partial charge < -0.3 is 15.8 Å². The molecule has 4 nitrogen and oxygen atoms in total. The SMILES string of the molecule is CCCCOC(=O)NCCC(N)c1ccccc1. The number of benzene rings is 1. The Balaban J connectivity index is 2.16. The van der Waals surface area contributed by atoms with Crippen LogP contribution in [0.5, 0.6) is 0 Å². The van der Waals surface area contributed by atoms with Crippen LogP contribution in [0.25, 0.3) is 0 Å². The maximum atomic E-state index is 11.3. The van der Waals surface area contributed by atoms with Crippen LogP contribution < -0.4 is 11.1 Å². The van der Waals surface area contributed by atoms with E-state index in [0.717, 1.165) is 18.4 Å². The molecule has 0 bridgehead atoms. The van der Waals surface area contributed by atoms with Gasteiger partial charge in [-0.3, -0.25) is 0 Å². The first kappa shape index (κ1) is 14.5. The van der Waals surface area contributed by atoms with Crippen molar-refractivity contribution in [2.75, 3.05) is 13.2 Å². The van der Waals surface area contributed by atoms with E-state index < -0.39 is 0 Å². The fraction of sp³-hybridized carbons (Fsp3) is 0.500. The minimum absolute atomic E-state index is 0.0536. The number of nitrogens with one attached hydrogen (secondary N) is 1. The molecule has 0 radical (unpaired) electrons. The summed E-state index contributed by atoms with van der Waals surface area (Å²) in [5, 5.41) is 2.70. The van der Waals surface area contributed by atoms with E-state index >= 15 is 0 Å². The smallest absolute Gasteiger partial charge is 0.407 e. The molecule has 0 spiro atoms. The Kier molecular flexibility index (Phi) is 6.87. The van der Waals surface area contributed by atoms with Crippen LogP contribution in [0.4, 0.5) is 4.79 Å². The zero-order valence-electron chi connectivity index (χ0n) is 10.9. The summed E-state index contributed by atoms with van der Waals surface area (Å²) in [6, 6.07) is 9.80. The quantitative estimate of drug-likeness (QED) is 0.731. The molecule has 1 unspecified atom stereocenters. The molecule has 0 aromatic heterocycles. The molecule has 1 amide bonds. The molecular formula is C14H22N2O2. The number of ether oxygens (including phenoxy) is 1. The Bertz CT molecular complexity index is 341. The van der Waals surface area contributed by atoms with E-state index in [-0.39, 0.29) is 12.1 Å². The van der Waals surface area contributed by atoms with Crippen LogP contribution in [0.1, 0.15) is 37.8 Å². The van der Waals surface area contributed by atoms with Crippen molar-refractivity contribution in [3.63, 3.8) is 0 Å². The molecule has 0 aliphatic carbocycles. The number of alkyl carbamates (subject to hydrolysis) is 1. The lowest BCUT2D eigenvalue weighted by Gasteiger charge is -2.12. The van der Waals surface area contributed by atoms with Crippen LogP contribution in [0.15, 0.2) is 30.3 Å². The highest BCUT2D eigenvalue weighted by atomic mass is 16.5. The van der Waals surface area contributed by atoms with Gasteiger partial charge in [0.1, 0.15) is 0 Å². The number of nitrogens with two attached hydrogens (primary N) is 1. The summed E-state index contributed by atoms with van der Waals surface area (Å²) in [7, 11) is 0. The topological polar surface area (TPSA) is 64.3 Å². The molecule has 1 rings (SSSR count). The summed E-state index contributed by atoms with van der Waals surface area (Å²) >= 11 is 0. The second-order valence-corrected chi connectivity index (χ2v) is 4.22. The first-order valence-corrected chi connectivity index (χ1v) is 6.45. The standard InChI is InChI=1S/C14H22N2O2/c1-2-3-11-18-14(17)16-10-9-13(15)12-7-5-4-6-8-12/h4-8,13H,2-3,9-11,15H2,1H3,(H,16,17). The van der Waals surface area contributed by atoms with Crippen LogP contribution in [0, 0.1) is 0 Å². The van der Waals surface area contributed by atoms with Gasteiger partial charge in [0.25, 0.3) is 0 Å². The van der Waals surface area contributed by atoms with E-state index in [2.05, 4.69) is 12.2 Å². The Morgan fingerprint density at radius 3 is 2.78 bits per heavy atom. The van der Waals surface area contributed by atoms with Crippen LogP contribution in [-0.2, 0) is 4.74 Å². The molecule has 1 aromatic carbocycles. The average molecular weight is 250 g/mol. The van der Waals surface area contributed by atoms with Gasteiger partial charge in [0, 0.05) is 12.6 Å². The average Bonchev–Trinajstić information content (AvgIpc) is 2.40. The summed E-state index contributed by atoms with van der Waals surface area (Å²) in [6.07, 6.45) is 2.26. The molecule has 4 heteroatoms. The minimum atomic E-state index is -0.358. The Morgan fingerprint density at radius 1 is 1.39 bits per heavy atom. The molecule has 100 valence electrons. The molecule has 0 saturated carbocycles. The van der Waals surface area contributed by atoms with Gasteiger partial charge in [-0.15, -0.1) is 0 Å². The minimum Gasteiger partial charge on any atom is -0.450 e. The van der Waals surface area contributed by atoms with Gasteiger partial charge in [-0.25, -0.2) is 4.79 Å². The predicted molar refractivity (Wildman–Crippen MR) is 72.2 cm³/mol. The van der Waals surface area contributed by atoms with Crippen molar-refractivity contribution in [1.82, 2.24) is 5.32 Å². The van der Waals surface area contributed by atoms with Crippen molar-refractivity contribution >= 4 is 6.09 Å². The highest BCUT2D eigenvalue weighted by Crippen LogP contribution is 2.12. The summed E-state index contributed by atoms with van der Waals surface area (Å²) in [4.78, 5) is 11.3. The lowest BCUT2D eigenvalue weighted by atomic mass is 10.1. The molecule has 0 fully saturated rings. The van der Waals surface area contributed by atoms with Gasteiger partial charge in [-0.2, -0.15) is 0 Å². The van der Waals surface area contributed by atoms with Gasteiger partial charge in [-0.1, -0.05) is 43.7 Å². The van der Waals surface area contributed by atoms with Gasteiger partial charge in [0.15, 0.2) is 0 Å². The molecular weight excluding hydrogens is 228 g/mol. The van der Waals surface area contributed by atoms with Gasteiger partial charge in [-0.05, 0) is 18.4 Å². The van der Waals surface area contributed by atoms with Crippen molar-refractivity contribution < 1.29 is 9.53 Å². The lowest BCUT2D eigenvalue weighted by Crippen LogP contribution is -2.28. The zero-order chi connectivity index (χ0) is 13.2. The second-order valence-electron chi connectivity index (χ2n) is 4.22. The van der Waals surface area contributed by atoms with E-state index in [1.165, 1.54) is 0 Å². The monoisotopic (exact) mass is 250 g/mol. The summed E-state index contributed by atoms with van der Waals surface area (Å²) in [5.74, 6) is 0. The van der Waals surface area contributed by atoms with Crippen LogP contribution >= 0.6 is 0 Å². The van der Waals surface area contributed by atoms with E-state index in [1.807, 2.05) is 30.3 Å². The highest BCUT2D eigenvalue weighted by Gasteiger charge is 2.06. The second kappa shape index (κ2) is 8.53. The fourth-order valence-electron chi connectivity index (χ4n) is 1.56. The summed E-state index contributed by atoms with van der Waals surface area (Å²) in [5.41, 5.74) is 7.09. The van der Waals surface area contributed by atoms with E-state index in [4.69, 9.17) is 10.5 Å².